The third-order valence-corrected chi connectivity index (χ3v) is 6.28. The Balaban J connectivity index is 1.55. The van der Waals surface area contributed by atoms with Gasteiger partial charge in [0, 0.05) is 20.1 Å². The van der Waals surface area contributed by atoms with Crippen LogP contribution in [0.4, 0.5) is 0 Å². The molecule has 0 aliphatic rings. The Morgan fingerprint density at radius 3 is 2.83 bits per heavy atom. The van der Waals surface area contributed by atoms with Gasteiger partial charge in [-0.2, -0.15) is 5.10 Å². The van der Waals surface area contributed by atoms with Crippen LogP contribution < -0.4 is 15.5 Å². The molecular formula is C21H17BrClN3O3S. The van der Waals surface area contributed by atoms with Crippen molar-refractivity contribution in [3.05, 3.63) is 75.1 Å². The van der Waals surface area contributed by atoms with Crippen molar-refractivity contribution in [2.24, 2.45) is 5.10 Å². The Bertz CT molecular complexity index is 1130. The fourth-order valence-corrected chi connectivity index (χ4v) is 4.26. The molecule has 2 aromatic carbocycles. The number of benzene rings is 2. The van der Waals surface area contributed by atoms with Gasteiger partial charge in [0.15, 0.2) is 0 Å². The Hall–Kier alpha value is -2.68. The zero-order valence-corrected chi connectivity index (χ0v) is 18.8. The summed E-state index contributed by atoms with van der Waals surface area (Å²) < 4.78 is 7.17. The summed E-state index contributed by atoms with van der Waals surface area (Å²) in [4.78, 5) is 24.7. The van der Waals surface area contributed by atoms with E-state index < -0.39 is 11.8 Å². The second-order valence-electron chi connectivity index (χ2n) is 6.00. The van der Waals surface area contributed by atoms with E-state index in [1.165, 1.54) is 17.6 Å². The number of thiophene rings is 1. The van der Waals surface area contributed by atoms with Gasteiger partial charge in [-0.25, -0.2) is 5.43 Å². The number of hydrogen-bond donors (Lipinski definition) is 2. The van der Waals surface area contributed by atoms with Crippen molar-refractivity contribution in [2.45, 2.75) is 0 Å². The van der Waals surface area contributed by atoms with Gasteiger partial charge in [-0.05, 0) is 24.3 Å². The lowest BCUT2D eigenvalue weighted by Gasteiger charge is -2.06. The maximum atomic E-state index is 12.4. The van der Waals surface area contributed by atoms with E-state index in [0.29, 0.717) is 22.3 Å². The fourth-order valence-electron chi connectivity index (χ4n) is 2.48. The van der Waals surface area contributed by atoms with Gasteiger partial charge in [0.1, 0.15) is 17.2 Å². The smallest absolute Gasteiger partial charge is 0.263 e. The normalized spacial score (nSPS) is 10.9. The number of carbonyl (C=O) groups excluding carboxylic acids is 2. The van der Waals surface area contributed by atoms with E-state index in [1.54, 1.807) is 18.2 Å². The quantitative estimate of drug-likeness (QED) is 0.263. The van der Waals surface area contributed by atoms with Crippen molar-refractivity contribution >= 4 is 67.0 Å². The number of hydrazone groups is 1. The van der Waals surface area contributed by atoms with Crippen LogP contribution in [0.2, 0.25) is 5.02 Å². The maximum absolute atomic E-state index is 12.4. The molecule has 9 heteroatoms. The third-order valence-electron chi connectivity index (χ3n) is 3.88. The number of carbonyl (C=O) groups is 2. The highest BCUT2D eigenvalue weighted by Crippen LogP contribution is 2.34. The van der Waals surface area contributed by atoms with Crippen LogP contribution in [0.3, 0.4) is 0 Å². The second-order valence-corrected chi connectivity index (χ2v) is 8.28. The lowest BCUT2D eigenvalue weighted by molar-refractivity contribution is -0.120. The molecule has 3 aromatic rings. The van der Waals surface area contributed by atoms with Gasteiger partial charge in [-0.15, -0.1) is 11.3 Å². The van der Waals surface area contributed by atoms with Crippen LogP contribution in [0.1, 0.15) is 15.2 Å². The first-order chi connectivity index (χ1) is 14.5. The minimum Gasteiger partial charge on any atom is -0.490 e. The summed E-state index contributed by atoms with van der Waals surface area (Å²) in [5.41, 5.74) is 3.10. The number of halogens is 2. The van der Waals surface area contributed by atoms with Crippen LogP contribution in [-0.4, -0.2) is 31.2 Å². The molecule has 30 heavy (non-hydrogen) atoms. The predicted molar refractivity (Wildman–Crippen MR) is 125 cm³/mol. The number of fused-ring (bicyclic) bond motifs is 1. The van der Waals surface area contributed by atoms with Gasteiger partial charge in [-0.3, -0.25) is 9.59 Å². The number of hydrogen-bond acceptors (Lipinski definition) is 5. The van der Waals surface area contributed by atoms with Crippen molar-refractivity contribution in [2.75, 3.05) is 13.2 Å². The molecule has 0 aliphatic heterocycles. The summed E-state index contributed by atoms with van der Waals surface area (Å²) in [5, 5.41) is 7.67. The maximum Gasteiger partial charge on any atom is 0.263 e. The predicted octanol–water partition coefficient (Wildman–Crippen LogP) is 4.76. The van der Waals surface area contributed by atoms with Crippen LogP contribution in [0.25, 0.3) is 10.1 Å². The zero-order chi connectivity index (χ0) is 21.5. The molecule has 0 radical (unpaired) electrons. The summed E-state index contributed by atoms with van der Waals surface area (Å²) in [5.74, 6) is -0.222. The van der Waals surface area contributed by atoms with E-state index in [4.69, 9.17) is 16.3 Å². The summed E-state index contributed by atoms with van der Waals surface area (Å²) in [6, 6.07) is 12.9. The molecule has 0 unspecified atom stereocenters. The minimum atomic E-state index is -0.466. The Kier molecular flexibility index (Phi) is 7.62. The molecule has 0 saturated heterocycles. The van der Waals surface area contributed by atoms with Crippen LogP contribution in [-0.2, 0) is 4.79 Å². The molecule has 6 nitrogen and oxygen atoms in total. The van der Waals surface area contributed by atoms with Gasteiger partial charge in [0.25, 0.3) is 11.8 Å². The van der Waals surface area contributed by atoms with Crippen molar-refractivity contribution in [1.29, 1.82) is 0 Å². The molecule has 0 saturated carbocycles. The standard InChI is InChI=1S/C21H17BrClN3O3S/c1-2-9-29-14-7-8-16(22)13(10-14)11-25-26-18(27)12-24-21(28)20-19(23)15-5-3-4-6-17(15)30-20/h2-8,10-11H,1,9,12H2,(H,24,28)(H,26,27)/b25-11-. The van der Waals surface area contributed by atoms with E-state index in [9.17, 15) is 9.59 Å². The minimum absolute atomic E-state index is 0.232. The van der Waals surface area contributed by atoms with E-state index in [1.807, 2.05) is 30.3 Å². The van der Waals surface area contributed by atoms with Crippen molar-refractivity contribution < 1.29 is 14.3 Å². The van der Waals surface area contributed by atoms with E-state index in [-0.39, 0.29) is 6.54 Å². The van der Waals surface area contributed by atoms with E-state index in [0.717, 1.165) is 20.1 Å². The summed E-state index contributed by atoms with van der Waals surface area (Å²) >= 11 is 11.0. The molecular weight excluding hydrogens is 490 g/mol. The lowest BCUT2D eigenvalue weighted by atomic mass is 10.2. The molecule has 0 spiro atoms. The van der Waals surface area contributed by atoms with E-state index in [2.05, 4.69) is 38.4 Å². The highest BCUT2D eigenvalue weighted by atomic mass is 79.9. The number of nitrogens with one attached hydrogen (secondary N) is 2. The molecule has 0 aliphatic carbocycles. The molecule has 1 heterocycles. The molecule has 2 amide bonds. The Morgan fingerprint density at radius 1 is 1.27 bits per heavy atom. The first-order valence-corrected chi connectivity index (χ1v) is 10.8. The van der Waals surface area contributed by atoms with Crippen molar-refractivity contribution in [3.8, 4) is 5.75 Å². The van der Waals surface area contributed by atoms with Gasteiger partial charge < -0.3 is 10.1 Å². The van der Waals surface area contributed by atoms with Crippen LogP contribution in [0.15, 0.2) is 64.7 Å². The highest BCUT2D eigenvalue weighted by molar-refractivity contribution is 9.10. The number of rotatable bonds is 8. The van der Waals surface area contributed by atoms with Gasteiger partial charge in [0.05, 0.1) is 17.8 Å². The largest absolute Gasteiger partial charge is 0.490 e. The van der Waals surface area contributed by atoms with E-state index >= 15 is 0 Å². The third kappa shape index (κ3) is 5.47. The number of ether oxygens (including phenoxy) is 1. The summed E-state index contributed by atoms with van der Waals surface area (Å²) in [6.45, 7) is 3.76. The first-order valence-electron chi connectivity index (χ1n) is 8.80. The second kappa shape index (κ2) is 10.4. The molecule has 0 bridgehead atoms. The topological polar surface area (TPSA) is 79.8 Å². The molecule has 2 N–H and O–H groups in total. The lowest BCUT2D eigenvalue weighted by Crippen LogP contribution is -2.34. The first kappa shape index (κ1) is 22.0. The fraction of sp³-hybridized carbons (Fsp3) is 0.0952. The molecule has 0 atom stereocenters. The Labute approximate surface area is 190 Å². The van der Waals surface area contributed by atoms with Crippen molar-refractivity contribution in [3.63, 3.8) is 0 Å². The molecule has 1 aromatic heterocycles. The van der Waals surface area contributed by atoms with Crippen LogP contribution >= 0.6 is 38.9 Å². The summed E-state index contributed by atoms with van der Waals surface area (Å²) in [7, 11) is 0. The van der Waals surface area contributed by atoms with Crippen LogP contribution in [0.5, 0.6) is 5.75 Å². The number of amides is 2. The zero-order valence-electron chi connectivity index (χ0n) is 15.7. The Morgan fingerprint density at radius 2 is 2.07 bits per heavy atom. The monoisotopic (exact) mass is 505 g/mol. The SMILES string of the molecule is C=CCOc1ccc(Br)c(/C=N\NC(=O)CNC(=O)c2sc3ccccc3c2Cl)c1. The summed E-state index contributed by atoms with van der Waals surface area (Å²) in [6.07, 6.45) is 3.13. The van der Waals surface area contributed by atoms with Gasteiger partial charge in [0.2, 0.25) is 0 Å². The average molecular weight is 507 g/mol. The van der Waals surface area contributed by atoms with Gasteiger partial charge >= 0.3 is 0 Å². The molecule has 0 fully saturated rings. The average Bonchev–Trinajstić information content (AvgIpc) is 3.09. The van der Waals surface area contributed by atoms with Crippen LogP contribution in [0, 0.1) is 0 Å². The molecule has 3 rings (SSSR count). The van der Waals surface area contributed by atoms with Gasteiger partial charge in [-0.1, -0.05) is 58.4 Å². The highest BCUT2D eigenvalue weighted by Gasteiger charge is 2.17. The van der Waals surface area contributed by atoms with Crippen molar-refractivity contribution in [1.82, 2.24) is 10.7 Å². The molecule has 154 valence electrons. The number of nitrogens with zero attached hydrogens (tertiary/aromatic N) is 1.